The maximum absolute atomic E-state index is 11.4. The van der Waals surface area contributed by atoms with Gasteiger partial charge in [0.05, 0.1) is 6.20 Å². The molecule has 0 saturated carbocycles. The van der Waals surface area contributed by atoms with Crippen LogP contribution in [0.5, 0.6) is 0 Å². The van der Waals surface area contributed by atoms with Crippen molar-refractivity contribution in [3.05, 3.63) is 66.1 Å². The van der Waals surface area contributed by atoms with Gasteiger partial charge < -0.3 is 10.6 Å². The van der Waals surface area contributed by atoms with Crippen LogP contribution in [0.4, 0.5) is 17.5 Å². The van der Waals surface area contributed by atoms with Gasteiger partial charge in [-0.05, 0) is 36.8 Å². The van der Waals surface area contributed by atoms with E-state index in [-0.39, 0.29) is 5.78 Å². The first-order valence-corrected chi connectivity index (χ1v) is 7.41. The molecule has 0 bridgehead atoms. The number of rotatable bonds is 6. The number of hydrogen-bond acceptors (Lipinski definition) is 7. The van der Waals surface area contributed by atoms with E-state index < -0.39 is 0 Å². The van der Waals surface area contributed by atoms with Gasteiger partial charge in [0.25, 0.3) is 0 Å². The molecule has 0 atom stereocenters. The number of anilines is 3. The van der Waals surface area contributed by atoms with Crippen molar-refractivity contribution in [1.29, 1.82) is 0 Å². The fraction of sp³-hybridized carbons (Fsp3) is 0.118. The van der Waals surface area contributed by atoms with Gasteiger partial charge in [-0.1, -0.05) is 12.1 Å². The van der Waals surface area contributed by atoms with Gasteiger partial charge >= 0.3 is 0 Å². The third kappa shape index (κ3) is 4.10. The van der Waals surface area contributed by atoms with Gasteiger partial charge in [0.15, 0.2) is 11.6 Å². The Morgan fingerprint density at radius 1 is 1.17 bits per heavy atom. The summed E-state index contributed by atoms with van der Waals surface area (Å²) in [7, 11) is 0. The monoisotopic (exact) mass is 320 g/mol. The van der Waals surface area contributed by atoms with Gasteiger partial charge in [-0.2, -0.15) is 10.1 Å². The van der Waals surface area contributed by atoms with Crippen molar-refractivity contribution in [2.75, 3.05) is 10.6 Å². The molecule has 2 N–H and O–H groups in total. The number of Topliss-reactive ketones (excluding diaryl/α,β-unsaturated/α-hetero) is 1. The molecular formula is C17H16N6O. The molecule has 0 radical (unpaired) electrons. The third-order valence-corrected chi connectivity index (χ3v) is 3.31. The summed E-state index contributed by atoms with van der Waals surface area (Å²) in [6.07, 6.45) is 5.03. The molecule has 0 aliphatic rings. The number of benzene rings is 1. The number of pyridine rings is 1. The largest absolute Gasteiger partial charge is 0.365 e. The van der Waals surface area contributed by atoms with E-state index in [1.54, 1.807) is 36.8 Å². The number of carbonyl (C=O) groups excluding carboxylic acids is 1. The number of carbonyl (C=O) groups is 1. The van der Waals surface area contributed by atoms with Crippen LogP contribution in [0.3, 0.4) is 0 Å². The van der Waals surface area contributed by atoms with E-state index in [1.165, 1.54) is 6.92 Å². The molecule has 0 unspecified atom stereocenters. The second kappa shape index (κ2) is 7.28. The van der Waals surface area contributed by atoms with E-state index >= 15 is 0 Å². The van der Waals surface area contributed by atoms with Gasteiger partial charge in [-0.3, -0.25) is 9.78 Å². The Kier molecular flexibility index (Phi) is 4.71. The van der Waals surface area contributed by atoms with Crippen molar-refractivity contribution < 1.29 is 4.79 Å². The average molecular weight is 320 g/mol. The Morgan fingerprint density at radius 3 is 2.79 bits per heavy atom. The highest BCUT2D eigenvalue weighted by atomic mass is 16.1. The van der Waals surface area contributed by atoms with Crippen LogP contribution in [-0.2, 0) is 6.54 Å². The quantitative estimate of drug-likeness (QED) is 0.675. The van der Waals surface area contributed by atoms with Gasteiger partial charge in [-0.25, -0.2) is 0 Å². The summed E-state index contributed by atoms with van der Waals surface area (Å²) in [6, 6.07) is 11.0. The normalized spacial score (nSPS) is 10.2. The number of nitrogens with one attached hydrogen (secondary N) is 2. The summed E-state index contributed by atoms with van der Waals surface area (Å²) in [4.78, 5) is 19.8. The lowest BCUT2D eigenvalue weighted by molar-refractivity contribution is 0.101. The summed E-state index contributed by atoms with van der Waals surface area (Å²) in [5, 5.41) is 14.1. The van der Waals surface area contributed by atoms with Crippen molar-refractivity contribution in [2.45, 2.75) is 13.5 Å². The Bertz CT molecular complexity index is 837. The van der Waals surface area contributed by atoms with Crippen molar-refractivity contribution in [3.8, 4) is 0 Å². The van der Waals surface area contributed by atoms with E-state index in [9.17, 15) is 4.79 Å². The van der Waals surface area contributed by atoms with Crippen LogP contribution >= 0.6 is 0 Å². The van der Waals surface area contributed by atoms with Crippen molar-refractivity contribution >= 4 is 23.2 Å². The lowest BCUT2D eigenvalue weighted by atomic mass is 10.1. The van der Waals surface area contributed by atoms with Gasteiger partial charge in [0.2, 0.25) is 5.95 Å². The number of ketones is 1. The van der Waals surface area contributed by atoms with E-state index in [0.29, 0.717) is 23.9 Å². The standard InChI is InChI=1S/C17H16N6O/c1-12(24)14-3-2-4-15(9-14)21-17-22-16(11-20-23-17)19-10-13-5-7-18-8-6-13/h2-9,11H,10H2,1H3,(H2,19,21,22,23). The molecule has 120 valence electrons. The van der Waals surface area contributed by atoms with Crippen molar-refractivity contribution in [3.63, 3.8) is 0 Å². The topological polar surface area (TPSA) is 92.7 Å². The highest BCUT2D eigenvalue weighted by Gasteiger charge is 2.04. The molecule has 24 heavy (non-hydrogen) atoms. The van der Waals surface area contributed by atoms with Gasteiger partial charge in [-0.15, -0.1) is 5.10 Å². The minimum atomic E-state index is 0.00506. The molecule has 7 nitrogen and oxygen atoms in total. The SMILES string of the molecule is CC(=O)c1cccc(Nc2nncc(NCc3ccncc3)n2)c1. The highest BCUT2D eigenvalue weighted by molar-refractivity contribution is 5.95. The second-order valence-electron chi connectivity index (χ2n) is 5.14. The Morgan fingerprint density at radius 2 is 2.00 bits per heavy atom. The molecule has 7 heteroatoms. The number of hydrogen-bond donors (Lipinski definition) is 2. The Balaban J connectivity index is 1.69. The zero-order chi connectivity index (χ0) is 16.8. The zero-order valence-electron chi connectivity index (χ0n) is 13.1. The molecule has 0 saturated heterocycles. The Labute approximate surface area is 139 Å². The summed E-state index contributed by atoms with van der Waals surface area (Å²) in [5.74, 6) is 0.966. The number of nitrogens with zero attached hydrogens (tertiary/aromatic N) is 4. The average Bonchev–Trinajstić information content (AvgIpc) is 2.61. The Hall–Kier alpha value is -3.35. The summed E-state index contributed by atoms with van der Waals surface area (Å²) >= 11 is 0. The molecule has 0 aliphatic carbocycles. The molecule has 0 aliphatic heterocycles. The maximum atomic E-state index is 11.4. The van der Waals surface area contributed by atoms with Gasteiger partial charge in [0.1, 0.15) is 0 Å². The maximum Gasteiger partial charge on any atom is 0.249 e. The minimum absolute atomic E-state index is 0.00506. The van der Waals surface area contributed by atoms with E-state index in [2.05, 4.69) is 30.8 Å². The van der Waals surface area contributed by atoms with Crippen molar-refractivity contribution in [1.82, 2.24) is 20.2 Å². The molecule has 0 amide bonds. The predicted octanol–water partition coefficient (Wildman–Crippen LogP) is 2.82. The van der Waals surface area contributed by atoms with Crippen LogP contribution in [0, 0.1) is 0 Å². The summed E-state index contributed by atoms with van der Waals surface area (Å²) < 4.78 is 0. The smallest absolute Gasteiger partial charge is 0.249 e. The van der Waals surface area contributed by atoms with Crippen LogP contribution in [0.25, 0.3) is 0 Å². The highest BCUT2D eigenvalue weighted by Crippen LogP contribution is 2.16. The van der Waals surface area contributed by atoms with E-state index in [4.69, 9.17) is 0 Å². The van der Waals surface area contributed by atoms with Crippen LogP contribution in [0.15, 0.2) is 55.0 Å². The lowest BCUT2D eigenvalue weighted by Crippen LogP contribution is -2.06. The van der Waals surface area contributed by atoms with Crippen LogP contribution in [0.2, 0.25) is 0 Å². The molecule has 3 rings (SSSR count). The van der Waals surface area contributed by atoms with Crippen LogP contribution in [-0.4, -0.2) is 25.9 Å². The van der Waals surface area contributed by atoms with Gasteiger partial charge in [0, 0.05) is 30.2 Å². The zero-order valence-corrected chi connectivity index (χ0v) is 13.1. The molecular weight excluding hydrogens is 304 g/mol. The fourth-order valence-corrected chi connectivity index (χ4v) is 2.08. The van der Waals surface area contributed by atoms with E-state index in [1.807, 2.05) is 18.2 Å². The first-order valence-electron chi connectivity index (χ1n) is 7.41. The molecule has 1 aromatic carbocycles. The molecule has 0 fully saturated rings. The molecule has 0 spiro atoms. The first-order chi connectivity index (χ1) is 11.7. The van der Waals surface area contributed by atoms with Crippen LogP contribution < -0.4 is 10.6 Å². The second-order valence-corrected chi connectivity index (χ2v) is 5.14. The van der Waals surface area contributed by atoms with Crippen molar-refractivity contribution in [2.24, 2.45) is 0 Å². The minimum Gasteiger partial charge on any atom is -0.365 e. The predicted molar refractivity (Wildman–Crippen MR) is 91.1 cm³/mol. The summed E-state index contributed by atoms with van der Waals surface area (Å²) in [6.45, 7) is 2.14. The first kappa shape index (κ1) is 15.5. The third-order valence-electron chi connectivity index (χ3n) is 3.31. The molecule has 3 aromatic rings. The molecule has 2 aromatic heterocycles. The van der Waals surface area contributed by atoms with E-state index in [0.717, 1.165) is 11.3 Å². The van der Waals surface area contributed by atoms with Crippen LogP contribution in [0.1, 0.15) is 22.8 Å². The number of aromatic nitrogens is 4. The summed E-state index contributed by atoms with van der Waals surface area (Å²) in [5.41, 5.74) is 2.45. The lowest BCUT2D eigenvalue weighted by Gasteiger charge is -2.08. The fourth-order valence-electron chi connectivity index (χ4n) is 2.08. The molecule has 2 heterocycles.